The summed E-state index contributed by atoms with van der Waals surface area (Å²) < 4.78 is 16.5. The Hall–Kier alpha value is -3.28. The van der Waals surface area contributed by atoms with Crippen LogP contribution in [0.25, 0.3) is 0 Å². The Kier molecular flexibility index (Phi) is 6.22. The third-order valence-electron chi connectivity index (χ3n) is 5.15. The molecule has 0 aliphatic heterocycles. The summed E-state index contributed by atoms with van der Waals surface area (Å²) >= 11 is 0. The van der Waals surface area contributed by atoms with Crippen molar-refractivity contribution in [3.8, 4) is 11.5 Å². The van der Waals surface area contributed by atoms with Gasteiger partial charge in [0, 0.05) is 12.6 Å². The van der Waals surface area contributed by atoms with Crippen molar-refractivity contribution in [3.05, 3.63) is 76.7 Å². The molecule has 0 saturated heterocycles. The van der Waals surface area contributed by atoms with Crippen molar-refractivity contribution in [1.82, 2.24) is 10.1 Å². The maximum atomic E-state index is 13.0. The summed E-state index contributed by atoms with van der Waals surface area (Å²) in [5.74, 6) is 1.70. The van der Waals surface area contributed by atoms with Gasteiger partial charge in [0.1, 0.15) is 12.4 Å². The van der Waals surface area contributed by atoms with E-state index in [1.165, 1.54) is 0 Å². The van der Waals surface area contributed by atoms with E-state index >= 15 is 0 Å². The van der Waals surface area contributed by atoms with Gasteiger partial charge in [-0.2, -0.15) is 0 Å². The van der Waals surface area contributed by atoms with Crippen LogP contribution in [-0.4, -0.2) is 30.1 Å². The fourth-order valence-corrected chi connectivity index (χ4v) is 3.11. The fraction of sp³-hybridized carbons (Fsp3) is 0.304. The molecule has 3 aromatic rings. The molecule has 1 aromatic heterocycles. The number of ether oxygens (including phenoxy) is 2. The minimum atomic E-state index is -0.0862. The van der Waals surface area contributed by atoms with Crippen LogP contribution in [0.5, 0.6) is 11.5 Å². The molecule has 0 aliphatic rings. The Morgan fingerprint density at radius 1 is 1.14 bits per heavy atom. The molecular weight excluding hydrogens is 368 g/mol. The van der Waals surface area contributed by atoms with Gasteiger partial charge in [-0.1, -0.05) is 35.5 Å². The SMILES string of the molecule is COc1cc(C(=O)N(C)C(C)c2ccccc2)ccc1OCc1c(C)noc1C. The number of aromatic nitrogens is 1. The summed E-state index contributed by atoms with van der Waals surface area (Å²) in [6, 6.07) is 15.1. The van der Waals surface area contributed by atoms with Crippen molar-refractivity contribution < 1.29 is 18.8 Å². The summed E-state index contributed by atoms with van der Waals surface area (Å²) in [6.45, 7) is 6.04. The molecule has 0 aliphatic carbocycles. The number of amides is 1. The molecule has 1 atom stereocenters. The van der Waals surface area contributed by atoms with Gasteiger partial charge in [-0.15, -0.1) is 0 Å². The summed E-state index contributed by atoms with van der Waals surface area (Å²) in [6.07, 6.45) is 0. The second-order valence-corrected chi connectivity index (χ2v) is 6.96. The van der Waals surface area contributed by atoms with E-state index in [1.54, 1.807) is 37.3 Å². The number of hydrogen-bond donors (Lipinski definition) is 0. The van der Waals surface area contributed by atoms with Gasteiger partial charge in [0.25, 0.3) is 5.91 Å². The number of nitrogens with zero attached hydrogens (tertiary/aromatic N) is 2. The molecule has 1 amide bonds. The van der Waals surface area contributed by atoms with Gasteiger partial charge in [-0.25, -0.2) is 0 Å². The molecule has 0 N–H and O–H groups in total. The monoisotopic (exact) mass is 394 g/mol. The summed E-state index contributed by atoms with van der Waals surface area (Å²) in [7, 11) is 3.36. The number of carbonyl (C=O) groups is 1. The van der Waals surface area contributed by atoms with Crippen LogP contribution < -0.4 is 9.47 Å². The van der Waals surface area contributed by atoms with Crippen molar-refractivity contribution in [1.29, 1.82) is 0 Å². The predicted molar refractivity (Wildman–Crippen MR) is 110 cm³/mol. The summed E-state index contributed by atoms with van der Waals surface area (Å²) in [5.41, 5.74) is 3.32. The van der Waals surface area contributed by atoms with Crippen molar-refractivity contribution in [2.45, 2.75) is 33.4 Å². The number of carbonyl (C=O) groups excluding carboxylic acids is 1. The van der Waals surface area contributed by atoms with Crippen LogP contribution in [0.2, 0.25) is 0 Å². The second kappa shape index (κ2) is 8.82. The number of aryl methyl sites for hydroxylation is 2. The highest BCUT2D eigenvalue weighted by atomic mass is 16.5. The van der Waals surface area contributed by atoms with Gasteiger partial charge in [0.2, 0.25) is 0 Å². The lowest BCUT2D eigenvalue weighted by atomic mass is 10.1. The van der Waals surface area contributed by atoms with Gasteiger partial charge in [-0.05, 0) is 44.5 Å². The Morgan fingerprint density at radius 3 is 2.48 bits per heavy atom. The van der Waals surface area contributed by atoms with Crippen LogP contribution >= 0.6 is 0 Å². The third kappa shape index (κ3) is 4.42. The van der Waals surface area contributed by atoms with E-state index in [-0.39, 0.29) is 11.9 Å². The first-order valence-electron chi connectivity index (χ1n) is 9.47. The number of rotatable bonds is 7. The highest BCUT2D eigenvalue weighted by molar-refractivity contribution is 5.95. The molecule has 0 saturated carbocycles. The lowest BCUT2D eigenvalue weighted by molar-refractivity contribution is 0.0742. The van der Waals surface area contributed by atoms with E-state index in [1.807, 2.05) is 51.1 Å². The van der Waals surface area contributed by atoms with Crippen LogP contribution in [0.1, 0.15) is 45.9 Å². The highest BCUT2D eigenvalue weighted by Crippen LogP contribution is 2.31. The fourth-order valence-electron chi connectivity index (χ4n) is 3.11. The van der Waals surface area contributed by atoms with Gasteiger partial charge < -0.3 is 18.9 Å². The minimum absolute atomic E-state index is 0.0508. The van der Waals surface area contributed by atoms with E-state index in [9.17, 15) is 4.79 Å². The molecule has 2 aromatic carbocycles. The molecule has 29 heavy (non-hydrogen) atoms. The number of methoxy groups -OCH3 is 1. The number of hydrogen-bond acceptors (Lipinski definition) is 5. The van der Waals surface area contributed by atoms with E-state index in [2.05, 4.69) is 5.16 Å². The molecule has 152 valence electrons. The Bertz CT molecular complexity index is 962. The average molecular weight is 394 g/mol. The molecule has 1 heterocycles. The third-order valence-corrected chi connectivity index (χ3v) is 5.15. The minimum Gasteiger partial charge on any atom is -0.493 e. The Balaban J connectivity index is 1.76. The normalized spacial score (nSPS) is 11.8. The average Bonchev–Trinajstić information content (AvgIpc) is 3.08. The topological polar surface area (TPSA) is 64.8 Å². The van der Waals surface area contributed by atoms with Crippen LogP contribution in [0.3, 0.4) is 0 Å². The summed E-state index contributed by atoms with van der Waals surface area (Å²) in [5, 5.41) is 3.93. The van der Waals surface area contributed by atoms with Crippen LogP contribution in [0.4, 0.5) is 0 Å². The van der Waals surface area contributed by atoms with Crippen LogP contribution in [0.15, 0.2) is 53.1 Å². The van der Waals surface area contributed by atoms with Crippen molar-refractivity contribution >= 4 is 5.91 Å². The van der Waals surface area contributed by atoms with Gasteiger partial charge in [-0.3, -0.25) is 4.79 Å². The molecule has 6 nitrogen and oxygen atoms in total. The maximum absolute atomic E-state index is 13.0. The van der Waals surface area contributed by atoms with Gasteiger partial charge in [0.15, 0.2) is 11.5 Å². The smallest absolute Gasteiger partial charge is 0.254 e. The molecule has 0 spiro atoms. The van der Waals surface area contributed by atoms with Crippen LogP contribution in [0, 0.1) is 13.8 Å². The molecule has 1 unspecified atom stereocenters. The lowest BCUT2D eigenvalue weighted by Crippen LogP contribution is -2.29. The molecule has 0 radical (unpaired) electrons. The zero-order chi connectivity index (χ0) is 21.0. The highest BCUT2D eigenvalue weighted by Gasteiger charge is 2.20. The van der Waals surface area contributed by atoms with E-state index in [0.717, 1.165) is 22.6 Å². The standard InChI is InChI=1S/C23H26N2O4/c1-15-20(17(3)29-24-15)14-28-21-12-11-19(13-22(21)27-5)23(26)25(4)16(2)18-9-7-6-8-10-18/h6-13,16H,14H2,1-5H3. The molecule has 3 rings (SSSR count). The quantitative estimate of drug-likeness (QED) is 0.580. The van der Waals surface area contributed by atoms with Crippen molar-refractivity contribution in [2.24, 2.45) is 0 Å². The van der Waals surface area contributed by atoms with E-state index in [0.29, 0.717) is 23.7 Å². The van der Waals surface area contributed by atoms with E-state index in [4.69, 9.17) is 14.0 Å². The summed E-state index contributed by atoms with van der Waals surface area (Å²) in [4.78, 5) is 14.7. The predicted octanol–water partition coefficient (Wildman–Crippen LogP) is 4.71. The largest absolute Gasteiger partial charge is 0.493 e. The first-order valence-corrected chi connectivity index (χ1v) is 9.47. The number of benzene rings is 2. The first kappa shape index (κ1) is 20.5. The zero-order valence-electron chi connectivity index (χ0n) is 17.4. The maximum Gasteiger partial charge on any atom is 0.254 e. The molecule has 0 fully saturated rings. The van der Waals surface area contributed by atoms with E-state index < -0.39 is 0 Å². The lowest BCUT2D eigenvalue weighted by Gasteiger charge is -2.25. The molecular formula is C23H26N2O4. The Morgan fingerprint density at radius 2 is 1.86 bits per heavy atom. The second-order valence-electron chi connectivity index (χ2n) is 6.96. The van der Waals surface area contributed by atoms with Crippen molar-refractivity contribution in [2.75, 3.05) is 14.2 Å². The molecule has 6 heteroatoms. The Labute approximate surface area is 171 Å². The molecule has 0 bridgehead atoms. The van der Waals surface area contributed by atoms with Crippen molar-refractivity contribution in [3.63, 3.8) is 0 Å². The zero-order valence-corrected chi connectivity index (χ0v) is 17.4. The van der Waals surface area contributed by atoms with Gasteiger partial charge in [0.05, 0.1) is 24.4 Å². The van der Waals surface area contributed by atoms with Gasteiger partial charge >= 0.3 is 0 Å². The first-order chi connectivity index (χ1) is 13.9. The van der Waals surface area contributed by atoms with Crippen LogP contribution in [-0.2, 0) is 6.61 Å².